The molecule has 0 bridgehead atoms. The molecule has 0 unspecified atom stereocenters. The van der Waals surface area contributed by atoms with Crippen LogP contribution in [0.5, 0.6) is 0 Å². The minimum Gasteiger partial charge on any atom is -0.467 e. The van der Waals surface area contributed by atoms with Crippen LogP contribution in [0, 0.1) is 5.41 Å². The van der Waals surface area contributed by atoms with Crippen LogP contribution in [0.15, 0.2) is 5.51 Å². The Kier molecular flexibility index (Phi) is 4.60. The van der Waals surface area contributed by atoms with Crippen LogP contribution in [0.4, 0.5) is 9.93 Å². The van der Waals surface area contributed by atoms with Gasteiger partial charge >= 0.3 is 12.0 Å². The van der Waals surface area contributed by atoms with E-state index >= 15 is 0 Å². The summed E-state index contributed by atoms with van der Waals surface area (Å²) < 4.78 is 4.67. The number of hydrogen-bond acceptors (Lipinski definition) is 6. The predicted octanol–water partition coefficient (Wildman–Crippen LogP) is 1.25. The Balaban J connectivity index is 2.66. The van der Waals surface area contributed by atoms with Gasteiger partial charge in [0.1, 0.15) is 11.6 Å². The van der Waals surface area contributed by atoms with E-state index in [4.69, 9.17) is 0 Å². The SMILES string of the molecule is COC(=O)[C@H](NC(=O)Nc1nncs1)C(C)(C)C. The van der Waals surface area contributed by atoms with Gasteiger partial charge in [-0.05, 0) is 5.41 Å². The lowest BCUT2D eigenvalue weighted by molar-refractivity contribution is -0.145. The highest BCUT2D eigenvalue weighted by Crippen LogP contribution is 2.20. The van der Waals surface area contributed by atoms with Gasteiger partial charge in [-0.15, -0.1) is 10.2 Å². The van der Waals surface area contributed by atoms with Crippen molar-refractivity contribution in [1.82, 2.24) is 15.5 Å². The summed E-state index contributed by atoms with van der Waals surface area (Å²) >= 11 is 1.19. The summed E-state index contributed by atoms with van der Waals surface area (Å²) in [6.07, 6.45) is 0. The number of methoxy groups -OCH3 is 1. The maximum Gasteiger partial charge on any atom is 0.328 e. The maximum atomic E-state index is 11.7. The quantitative estimate of drug-likeness (QED) is 0.808. The molecule has 2 N–H and O–H groups in total. The zero-order chi connectivity index (χ0) is 13.8. The van der Waals surface area contributed by atoms with E-state index < -0.39 is 23.5 Å². The zero-order valence-electron chi connectivity index (χ0n) is 10.7. The number of amides is 2. The second-order valence-corrected chi connectivity index (χ2v) is 5.50. The van der Waals surface area contributed by atoms with Gasteiger partial charge < -0.3 is 10.1 Å². The molecule has 2 amide bonds. The lowest BCUT2D eigenvalue weighted by atomic mass is 9.87. The maximum absolute atomic E-state index is 11.7. The standard InChI is InChI=1S/C10H16N4O3S/c1-10(2,3)6(7(15)17-4)12-8(16)13-9-14-11-5-18-9/h5-6H,1-4H3,(H2,12,13,14,16)/t6-/m0/s1. The fraction of sp³-hybridized carbons (Fsp3) is 0.600. The van der Waals surface area contributed by atoms with Crippen molar-refractivity contribution in [2.24, 2.45) is 5.41 Å². The Morgan fingerprint density at radius 2 is 2.11 bits per heavy atom. The topological polar surface area (TPSA) is 93.2 Å². The minimum absolute atomic E-state index is 0.366. The molecule has 7 nitrogen and oxygen atoms in total. The monoisotopic (exact) mass is 272 g/mol. The zero-order valence-corrected chi connectivity index (χ0v) is 11.5. The molecule has 100 valence electrons. The summed E-state index contributed by atoms with van der Waals surface area (Å²) in [6.45, 7) is 5.50. The van der Waals surface area contributed by atoms with Crippen molar-refractivity contribution < 1.29 is 14.3 Å². The number of ether oxygens (including phenoxy) is 1. The highest BCUT2D eigenvalue weighted by molar-refractivity contribution is 7.13. The number of hydrogen-bond donors (Lipinski definition) is 2. The summed E-state index contributed by atoms with van der Waals surface area (Å²) in [7, 11) is 1.28. The Labute approximate surface area is 109 Å². The number of aromatic nitrogens is 2. The first-order valence-corrected chi connectivity index (χ1v) is 6.14. The third kappa shape index (κ3) is 3.95. The van der Waals surface area contributed by atoms with Crippen molar-refractivity contribution in [3.05, 3.63) is 5.51 Å². The van der Waals surface area contributed by atoms with Crippen LogP contribution in [0.2, 0.25) is 0 Å². The highest BCUT2D eigenvalue weighted by Gasteiger charge is 2.33. The Bertz CT molecular complexity index is 413. The highest BCUT2D eigenvalue weighted by atomic mass is 32.1. The molecule has 0 saturated carbocycles. The van der Waals surface area contributed by atoms with Crippen LogP contribution in [-0.2, 0) is 9.53 Å². The average molecular weight is 272 g/mol. The van der Waals surface area contributed by atoms with Crippen molar-refractivity contribution in [3.63, 3.8) is 0 Å². The number of nitrogens with one attached hydrogen (secondary N) is 2. The lowest BCUT2D eigenvalue weighted by Gasteiger charge is -2.28. The van der Waals surface area contributed by atoms with Gasteiger partial charge in [-0.1, -0.05) is 32.1 Å². The molecule has 1 aromatic heterocycles. The number of rotatable bonds is 3. The molecule has 0 fully saturated rings. The van der Waals surface area contributed by atoms with Crippen LogP contribution < -0.4 is 10.6 Å². The normalized spacial score (nSPS) is 12.7. The molecule has 8 heteroatoms. The van der Waals surface area contributed by atoms with E-state index in [1.165, 1.54) is 24.0 Å². The van der Waals surface area contributed by atoms with Crippen LogP contribution in [0.25, 0.3) is 0 Å². The lowest BCUT2D eigenvalue weighted by Crippen LogP contribution is -2.50. The largest absolute Gasteiger partial charge is 0.467 e. The summed E-state index contributed by atoms with van der Waals surface area (Å²) in [5, 5.41) is 12.7. The molecule has 0 aliphatic rings. The van der Waals surface area contributed by atoms with Gasteiger partial charge in [-0.25, -0.2) is 9.59 Å². The minimum atomic E-state index is -0.740. The van der Waals surface area contributed by atoms with Gasteiger partial charge in [-0.2, -0.15) is 0 Å². The molecule has 1 aromatic rings. The van der Waals surface area contributed by atoms with Gasteiger partial charge in [-0.3, -0.25) is 5.32 Å². The molecule has 0 spiro atoms. The van der Waals surface area contributed by atoms with Crippen molar-refractivity contribution in [2.45, 2.75) is 26.8 Å². The first-order chi connectivity index (χ1) is 8.34. The molecule has 0 saturated heterocycles. The molecular weight excluding hydrogens is 256 g/mol. The first kappa shape index (κ1) is 14.4. The van der Waals surface area contributed by atoms with E-state index in [1.54, 1.807) is 0 Å². The number of anilines is 1. The summed E-state index contributed by atoms with van der Waals surface area (Å²) in [6, 6.07) is -1.26. The second-order valence-electron chi connectivity index (χ2n) is 4.66. The van der Waals surface area contributed by atoms with E-state index in [-0.39, 0.29) is 0 Å². The van der Waals surface area contributed by atoms with Gasteiger partial charge in [0.2, 0.25) is 5.13 Å². The Morgan fingerprint density at radius 1 is 1.44 bits per heavy atom. The van der Waals surface area contributed by atoms with Crippen LogP contribution in [0.3, 0.4) is 0 Å². The molecular formula is C10H16N4O3S. The number of esters is 1. The number of urea groups is 1. The molecule has 0 aromatic carbocycles. The van der Waals surface area contributed by atoms with E-state index in [0.717, 1.165) is 0 Å². The van der Waals surface area contributed by atoms with Crippen molar-refractivity contribution in [1.29, 1.82) is 0 Å². The third-order valence-electron chi connectivity index (χ3n) is 2.16. The van der Waals surface area contributed by atoms with Crippen molar-refractivity contribution >= 4 is 28.5 Å². The molecule has 0 aliphatic heterocycles. The molecule has 1 heterocycles. The number of carbonyl (C=O) groups is 2. The fourth-order valence-electron chi connectivity index (χ4n) is 1.24. The molecule has 1 atom stereocenters. The van der Waals surface area contributed by atoms with E-state index in [1.807, 2.05) is 20.8 Å². The van der Waals surface area contributed by atoms with Crippen LogP contribution in [-0.4, -0.2) is 35.3 Å². The average Bonchev–Trinajstić information content (AvgIpc) is 2.76. The van der Waals surface area contributed by atoms with Crippen LogP contribution >= 0.6 is 11.3 Å². The number of nitrogens with zero attached hydrogens (tertiary/aromatic N) is 2. The smallest absolute Gasteiger partial charge is 0.328 e. The van der Waals surface area contributed by atoms with E-state index in [2.05, 4.69) is 25.6 Å². The number of carbonyl (C=O) groups excluding carboxylic acids is 2. The van der Waals surface area contributed by atoms with E-state index in [9.17, 15) is 9.59 Å². The second kappa shape index (κ2) is 5.76. The van der Waals surface area contributed by atoms with E-state index in [0.29, 0.717) is 5.13 Å². The molecule has 18 heavy (non-hydrogen) atoms. The third-order valence-corrected chi connectivity index (χ3v) is 2.77. The Morgan fingerprint density at radius 3 is 2.56 bits per heavy atom. The Hall–Kier alpha value is -1.70. The fourth-order valence-corrected chi connectivity index (χ4v) is 1.68. The van der Waals surface area contributed by atoms with Crippen molar-refractivity contribution in [2.75, 3.05) is 12.4 Å². The molecule has 0 aliphatic carbocycles. The van der Waals surface area contributed by atoms with Crippen molar-refractivity contribution in [3.8, 4) is 0 Å². The van der Waals surface area contributed by atoms with Gasteiger partial charge in [0.15, 0.2) is 0 Å². The van der Waals surface area contributed by atoms with Gasteiger partial charge in [0, 0.05) is 0 Å². The summed E-state index contributed by atoms with van der Waals surface area (Å²) in [5.41, 5.74) is 1.04. The van der Waals surface area contributed by atoms with Gasteiger partial charge in [0.25, 0.3) is 0 Å². The summed E-state index contributed by atoms with van der Waals surface area (Å²) in [5.74, 6) is -0.491. The summed E-state index contributed by atoms with van der Waals surface area (Å²) in [4.78, 5) is 23.3. The first-order valence-electron chi connectivity index (χ1n) is 5.26. The van der Waals surface area contributed by atoms with Crippen LogP contribution in [0.1, 0.15) is 20.8 Å². The molecule has 0 radical (unpaired) electrons. The van der Waals surface area contributed by atoms with Gasteiger partial charge in [0.05, 0.1) is 7.11 Å². The predicted molar refractivity (Wildman–Crippen MR) is 67.3 cm³/mol. The molecule has 1 rings (SSSR count).